The summed E-state index contributed by atoms with van der Waals surface area (Å²) in [6.45, 7) is 7.29. The molecule has 0 spiro atoms. The number of carbonyl (C=O) groups excluding carboxylic acids is 2. The number of anilines is 1. The Morgan fingerprint density at radius 1 is 1.27 bits per heavy atom. The molecule has 7 heteroatoms. The first-order chi connectivity index (χ1) is 10.4. The zero-order valence-corrected chi connectivity index (χ0v) is 14.4. The fourth-order valence-corrected chi connectivity index (χ4v) is 3.64. The molecule has 0 aliphatic carbocycles. The maximum Gasteiger partial charge on any atom is 0.576 e. The van der Waals surface area contributed by atoms with E-state index in [9.17, 15) is 9.59 Å². The Hall–Kier alpha value is -1.86. The highest BCUT2D eigenvalue weighted by Gasteiger charge is 2.31. The van der Waals surface area contributed by atoms with Gasteiger partial charge >= 0.3 is 9.28 Å². The summed E-state index contributed by atoms with van der Waals surface area (Å²) < 4.78 is 10.5. The molecule has 1 atom stereocenters. The Balaban J connectivity index is 3.27. The minimum atomic E-state index is -2.26. The minimum absolute atomic E-state index is 0.290. The van der Waals surface area contributed by atoms with Crippen molar-refractivity contribution in [2.45, 2.75) is 40.2 Å². The van der Waals surface area contributed by atoms with Crippen molar-refractivity contribution in [2.24, 2.45) is 5.73 Å². The summed E-state index contributed by atoms with van der Waals surface area (Å²) in [6, 6.07) is 5.24. The molecular weight excluding hydrogens is 300 g/mol. The Morgan fingerprint density at radius 2 is 1.86 bits per heavy atom. The highest BCUT2D eigenvalue weighted by atomic mass is 28.3. The van der Waals surface area contributed by atoms with Gasteiger partial charge in [-0.2, -0.15) is 0 Å². The quantitative estimate of drug-likeness (QED) is 0.736. The van der Waals surface area contributed by atoms with Gasteiger partial charge in [0.2, 0.25) is 0 Å². The molecule has 0 heterocycles. The van der Waals surface area contributed by atoms with E-state index in [0.717, 1.165) is 24.2 Å². The van der Waals surface area contributed by atoms with Gasteiger partial charge in [0.05, 0.1) is 0 Å². The van der Waals surface area contributed by atoms with E-state index in [-0.39, 0.29) is 6.04 Å². The number of nitrogens with one attached hydrogen (secondary N) is 1. The SMILES string of the molecule is CCCNc1cccc([Si](OC(C)=O)OC(C)=O)c1C(C)N. The lowest BCUT2D eigenvalue weighted by molar-refractivity contribution is -0.137. The molecule has 0 saturated heterocycles. The van der Waals surface area contributed by atoms with Gasteiger partial charge in [0.25, 0.3) is 11.9 Å². The summed E-state index contributed by atoms with van der Waals surface area (Å²) in [4.78, 5) is 22.6. The molecule has 0 fully saturated rings. The lowest BCUT2D eigenvalue weighted by Gasteiger charge is -2.21. The van der Waals surface area contributed by atoms with Crippen LogP contribution in [-0.4, -0.2) is 27.8 Å². The van der Waals surface area contributed by atoms with Crippen LogP contribution in [0.2, 0.25) is 0 Å². The zero-order valence-electron chi connectivity index (χ0n) is 13.4. The van der Waals surface area contributed by atoms with Crippen LogP contribution in [-0.2, 0) is 18.4 Å². The molecule has 22 heavy (non-hydrogen) atoms. The van der Waals surface area contributed by atoms with Crippen molar-refractivity contribution in [3.05, 3.63) is 23.8 Å². The summed E-state index contributed by atoms with van der Waals surface area (Å²) in [7, 11) is -2.26. The molecule has 1 rings (SSSR count). The van der Waals surface area contributed by atoms with Crippen LogP contribution < -0.4 is 16.2 Å². The van der Waals surface area contributed by atoms with Gasteiger partial charge in [-0.3, -0.25) is 9.59 Å². The van der Waals surface area contributed by atoms with Crippen LogP contribution in [0.5, 0.6) is 0 Å². The summed E-state index contributed by atoms with van der Waals surface area (Å²) in [5.41, 5.74) is 7.77. The first-order valence-corrected chi connectivity index (χ1v) is 8.55. The van der Waals surface area contributed by atoms with Gasteiger partial charge < -0.3 is 19.9 Å². The first kappa shape index (κ1) is 18.2. The molecule has 0 saturated carbocycles. The van der Waals surface area contributed by atoms with E-state index < -0.39 is 21.2 Å². The van der Waals surface area contributed by atoms with Gasteiger partial charge in [-0.1, -0.05) is 19.1 Å². The van der Waals surface area contributed by atoms with Crippen molar-refractivity contribution < 1.29 is 18.4 Å². The predicted octanol–water partition coefficient (Wildman–Crippen LogP) is 1.35. The van der Waals surface area contributed by atoms with E-state index in [1.54, 1.807) is 6.07 Å². The Bertz CT molecular complexity index is 518. The first-order valence-electron chi connectivity index (χ1n) is 7.23. The normalized spacial score (nSPS) is 11.9. The van der Waals surface area contributed by atoms with Crippen LogP contribution in [0, 0.1) is 0 Å². The summed E-state index contributed by atoms with van der Waals surface area (Å²) >= 11 is 0. The van der Waals surface area contributed by atoms with Gasteiger partial charge in [-0.25, -0.2) is 0 Å². The third-order valence-corrected chi connectivity index (χ3v) is 4.64. The molecule has 0 aliphatic heterocycles. The van der Waals surface area contributed by atoms with Crippen LogP contribution in [0.25, 0.3) is 0 Å². The average molecular weight is 323 g/mol. The van der Waals surface area contributed by atoms with Crippen molar-refractivity contribution in [2.75, 3.05) is 11.9 Å². The molecule has 121 valence electrons. The molecular formula is C15H23N2O4Si. The van der Waals surface area contributed by atoms with E-state index in [1.807, 2.05) is 19.1 Å². The summed E-state index contributed by atoms with van der Waals surface area (Å²) in [5, 5.41) is 3.97. The number of carbonyl (C=O) groups is 2. The molecule has 0 bridgehead atoms. The van der Waals surface area contributed by atoms with Crippen molar-refractivity contribution in [1.82, 2.24) is 0 Å². The van der Waals surface area contributed by atoms with Gasteiger partial charge in [0.1, 0.15) is 0 Å². The Kier molecular flexibility index (Phi) is 7.07. The molecule has 1 aromatic carbocycles. The Morgan fingerprint density at radius 3 is 2.32 bits per heavy atom. The fourth-order valence-electron chi connectivity index (χ4n) is 2.04. The molecule has 3 N–H and O–H groups in total. The largest absolute Gasteiger partial charge is 0.576 e. The maximum absolute atomic E-state index is 11.3. The standard InChI is InChI=1S/C15H23N2O4Si/c1-5-9-17-13-7-6-8-14(15(13)10(2)16)22(20-11(3)18)21-12(4)19/h6-8,10,17H,5,9,16H2,1-4H3. The monoisotopic (exact) mass is 323 g/mol. The second-order valence-electron chi connectivity index (χ2n) is 4.96. The second-order valence-corrected chi connectivity index (χ2v) is 6.48. The highest BCUT2D eigenvalue weighted by Crippen LogP contribution is 2.20. The molecule has 1 unspecified atom stereocenters. The average Bonchev–Trinajstić information content (AvgIpc) is 2.42. The number of rotatable bonds is 7. The van der Waals surface area contributed by atoms with E-state index >= 15 is 0 Å². The van der Waals surface area contributed by atoms with E-state index in [2.05, 4.69) is 12.2 Å². The van der Waals surface area contributed by atoms with Crippen molar-refractivity contribution >= 4 is 32.1 Å². The number of hydrogen-bond acceptors (Lipinski definition) is 6. The number of hydrogen-bond donors (Lipinski definition) is 2. The van der Waals surface area contributed by atoms with Crippen LogP contribution in [0.15, 0.2) is 18.2 Å². The third-order valence-electron chi connectivity index (χ3n) is 2.82. The van der Waals surface area contributed by atoms with Gasteiger partial charge in [-0.05, 0) is 25.0 Å². The van der Waals surface area contributed by atoms with Crippen LogP contribution in [0.3, 0.4) is 0 Å². The van der Waals surface area contributed by atoms with E-state index in [4.69, 9.17) is 14.6 Å². The van der Waals surface area contributed by atoms with Gasteiger partial charge in [-0.15, -0.1) is 0 Å². The van der Waals surface area contributed by atoms with Crippen molar-refractivity contribution in [1.29, 1.82) is 0 Å². The lowest BCUT2D eigenvalue weighted by atomic mass is 10.1. The van der Waals surface area contributed by atoms with Crippen molar-refractivity contribution in [3.63, 3.8) is 0 Å². The van der Waals surface area contributed by atoms with Crippen LogP contribution in [0.1, 0.15) is 45.7 Å². The van der Waals surface area contributed by atoms with Gasteiger partial charge in [0, 0.05) is 37.3 Å². The number of benzene rings is 1. The summed E-state index contributed by atoms with van der Waals surface area (Å²) in [6.07, 6.45) is 0.967. The predicted molar refractivity (Wildman–Crippen MR) is 86.7 cm³/mol. The lowest BCUT2D eigenvalue weighted by Crippen LogP contribution is -2.43. The minimum Gasteiger partial charge on any atom is -0.480 e. The molecule has 6 nitrogen and oxygen atoms in total. The van der Waals surface area contributed by atoms with Crippen molar-refractivity contribution in [3.8, 4) is 0 Å². The van der Waals surface area contributed by atoms with Crippen LogP contribution in [0.4, 0.5) is 5.69 Å². The topological polar surface area (TPSA) is 90.6 Å². The smallest absolute Gasteiger partial charge is 0.480 e. The Labute approximate surface area is 132 Å². The van der Waals surface area contributed by atoms with Crippen LogP contribution >= 0.6 is 0 Å². The van der Waals surface area contributed by atoms with E-state index in [1.165, 1.54) is 13.8 Å². The zero-order chi connectivity index (χ0) is 16.7. The maximum atomic E-state index is 11.3. The van der Waals surface area contributed by atoms with Gasteiger partial charge in [0.15, 0.2) is 0 Å². The molecule has 1 radical (unpaired) electrons. The third kappa shape index (κ3) is 5.16. The van der Waals surface area contributed by atoms with E-state index in [0.29, 0.717) is 5.19 Å². The molecule has 0 aromatic heterocycles. The highest BCUT2D eigenvalue weighted by molar-refractivity contribution is 6.65. The second kappa shape index (κ2) is 8.55. The fraction of sp³-hybridized carbons (Fsp3) is 0.467. The number of nitrogens with two attached hydrogens (primary N) is 1. The molecule has 0 amide bonds. The molecule has 0 aliphatic rings. The molecule has 1 aromatic rings. The summed E-state index contributed by atoms with van der Waals surface area (Å²) in [5.74, 6) is -0.977.